The Morgan fingerprint density at radius 2 is 1.90 bits per heavy atom. The zero-order valence-electron chi connectivity index (χ0n) is 18.2. The van der Waals surface area contributed by atoms with Crippen LogP contribution in [-0.4, -0.2) is 57.7 Å². The van der Waals surface area contributed by atoms with Crippen LogP contribution in [0, 0.1) is 25.2 Å². The van der Waals surface area contributed by atoms with Gasteiger partial charge in [0.05, 0.1) is 12.6 Å². The van der Waals surface area contributed by atoms with Crippen molar-refractivity contribution in [3.8, 4) is 11.1 Å². The number of nitrogens with one attached hydrogen (secondary N) is 2. The molecule has 1 fully saturated rings. The van der Waals surface area contributed by atoms with Crippen molar-refractivity contribution < 1.29 is 14.4 Å². The van der Waals surface area contributed by atoms with Crippen LogP contribution in [0.15, 0.2) is 24.5 Å². The van der Waals surface area contributed by atoms with Crippen LogP contribution in [-0.2, 0) is 14.4 Å². The van der Waals surface area contributed by atoms with E-state index in [0.29, 0.717) is 30.0 Å². The molecule has 0 saturated carbocycles. The molecule has 0 radical (unpaired) electrons. The molecule has 1 saturated heterocycles. The van der Waals surface area contributed by atoms with Crippen LogP contribution in [0.3, 0.4) is 0 Å². The second kappa shape index (κ2) is 9.16. The van der Waals surface area contributed by atoms with Gasteiger partial charge in [-0.1, -0.05) is 6.92 Å². The van der Waals surface area contributed by atoms with Gasteiger partial charge in [-0.05, 0) is 49.4 Å². The summed E-state index contributed by atoms with van der Waals surface area (Å²) in [5, 5.41) is 11.4. The standard InChI is InChI=1S/C23H27N5O3/c1-13-5-19(12-29)28(11-13)21(31)10-27-23-14(2)6-17(7-20(23)22(24)15(3)30)18-8-25-16(4)26-9-18/h6-9,12-13,19,24,27H,5,10-11H2,1-4H3. The van der Waals surface area contributed by atoms with E-state index in [1.165, 1.54) is 6.92 Å². The van der Waals surface area contributed by atoms with E-state index in [1.807, 2.05) is 19.9 Å². The number of nitrogens with zero attached hydrogens (tertiary/aromatic N) is 3. The summed E-state index contributed by atoms with van der Waals surface area (Å²) >= 11 is 0. The van der Waals surface area contributed by atoms with Gasteiger partial charge in [0.25, 0.3) is 0 Å². The third-order valence-corrected chi connectivity index (χ3v) is 5.52. The lowest BCUT2D eigenvalue weighted by atomic mass is 9.95. The molecule has 0 bridgehead atoms. The Hall–Kier alpha value is -3.42. The van der Waals surface area contributed by atoms with Crippen LogP contribution in [0.4, 0.5) is 5.69 Å². The second-order valence-electron chi connectivity index (χ2n) is 8.11. The zero-order valence-corrected chi connectivity index (χ0v) is 18.2. The van der Waals surface area contributed by atoms with Crippen LogP contribution in [0.2, 0.25) is 0 Å². The molecule has 31 heavy (non-hydrogen) atoms. The first-order valence-corrected chi connectivity index (χ1v) is 10.2. The van der Waals surface area contributed by atoms with Crippen LogP contribution < -0.4 is 5.32 Å². The molecule has 2 aromatic rings. The summed E-state index contributed by atoms with van der Waals surface area (Å²) in [5.74, 6) is 0.370. The lowest BCUT2D eigenvalue weighted by Crippen LogP contribution is -2.40. The number of Topliss-reactive ketones (excluding diaryl/α,β-unsaturated/α-hetero) is 1. The number of rotatable bonds is 7. The van der Waals surface area contributed by atoms with Crippen LogP contribution in [0.1, 0.15) is 37.2 Å². The van der Waals surface area contributed by atoms with Gasteiger partial charge in [-0.15, -0.1) is 0 Å². The summed E-state index contributed by atoms with van der Waals surface area (Å²) in [4.78, 5) is 46.1. The highest BCUT2D eigenvalue weighted by Gasteiger charge is 2.32. The minimum atomic E-state index is -0.399. The summed E-state index contributed by atoms with van der Waals surface area (Å²) in [7, 11) is 0. The Kier molecular flexibility index (Phi) is 6.58. The number of aldehydes is 1. The fourth-order valence-corrected chi connectivity index (χ4v) is 3.88. The van der Waals surface area contributed by atoms with Crippen molar-refractivity contribution in [3.05, 3.63) is 41.5 Å². The van der Waals surface area contributed by atoms with E-state index in [9.17, 15) is 14.4 Å². The minimum Gasteiger partial charge on any atom is -0.375 e. The largest absolute Gasteiger partial charge is 0.375 e. The molecule has 2 N–H and O–H groups in total. The number of benzene rings is 1. The highest BCUT2D eigenvalue weighted by Crippen LogP contribution is 2.29. The summed E-state index contributed by atoms with van der Waals surface area (Å²) in [6.07, 6.45) is 4.88. The van der Waals surface area contributed by atoms with Gasteiger partial charge in [0.15, 0.2) is 5.78 Å². The van der Waals surface area contributed by atoms with E-state index in [2.05, 4.69) is 15.3 Å². The van der Waals surface area contributed by atoms with Crippen molar-refractivity contribution in [1.29, 1.82) is 5.41 Å². The van der Waals surface area contributed by atoms with Crippen molar-refractivity contribution in [2.45, 2.75) is 40.2 Å². The highest BCUT2D eigenvalue weighted by atomic mass is 16.2. The van der Waals surface area contributed by atoms with E-state index < -0.39 is 6.04 Å². The molecule has 1 aliphatic rings. The first kappa shape index (κ1) is 22.3. The third kappa shape index (κ3) is 4.84. The Morgan fingerprint density at radius 3 is 2.52 bits per heavy atom. The smallest absolute Gasteiger partial charge is 0.242 e. The van der Waals surface area contributed by atoms with E-state index in [1.54, 1.807) is 30.3 Å². The van der Waals surface area contributed by atoms with Crippen molar-refractivity contribution in [1.82, 2.24) is 14.9 Å². The average Bonchev–Trinajstić information content (AvgIpc) is 3.13. The molecular weight excluding hydrogens is 394 g/mol. The van der Waals surface area contributed by atoms with Gasteiger partial charge in [0, 0.05) is 42.7 Å². The maximum Gasteiger partial charge on any atom is 0.242 e. The van der Waals surface area contributed by atoms with Crippen molar-refractivity contribution in [2.75, 3.05) is 18.4 Å². The molecule has 1 aliphatic heterocycles. The van der Waals surface area contributed by atoms with Gasteiger partial charge < -0.3 is 15.0 Å². The molecule has 1 aromatic heterocycles. The normalized spacial score (nSPS) is 18.0. The molecule has 1 amide bonds. The van der Waals surface area contributed by atoms with Crippen molar-refractivity contribution in [2.24, 2.45) is 5.92 Å². The molecule has 0 aliphatic carbocycles. The molecule has 2 unspecified atom stereocenters. The predicted octanol–water partition coefficient (Wildman–Crippen LogP) is 2.57. The minimum absolute atomic E-state index is 0.0247. The third-order valence-electron chi connectivity index (χ3n) is 5.52. The highest BCUT2D eigenvalue weighted by molar-refractivity contribution is 6.45. The van der Waals surface area contributed by atoms with E-state index in [-0.39, 0.29) is 29.9 Å². The number of amides is 1. The Morgan fingerprint density at radius 1 is 1.23 bits per heavy atom. The molecule has 8 heteroatoms. The Balaban J connectivity index is 1.91. The van der Waals surface area contributed by atoms with Crippen LogP contribution in [0.25, 0.3) is 11.1 Å². The van der Waals surface area contributed by atoms with Crippen LogP contribution >= 0.6 is 0 Å². The monoisotopic (exact) mass is 421 g/mol. The molecule has 162 valence electrons. The molecule has 0 spiro atoms. The van der Waals surface area contributed by atoms with Crippen molar-refractivity contribution in [3.63, 3.8) is 0 Å². The molecule has 2 heterocycles. The molecule has 3 rings (SSSR count). The van der Waals surface area contributed by atoms with E-state index in [4.69, 9.17) is 5.41 Å². The average molecular weight is 422 g/mol. The topological polar surface area (TPSA) is 116 Å². The number of carbonyl (C=O) groups is 3. The number of likely N-dealkylation sites (tertiary alicyclic amines) is 1. The fraction of sp³-hybridized carbons (Fsp3) is 0.391. The molecular formula is C23H27N5O3. The molecule has 8 nitrogen and oxygen atoms in total. The Bertz CT molecular complexity index is 1030. The molecule has 1 aromatic carbocycles. The van der Waals surface area contributed by atoms with E-state index >= 15 is 0 Å². The summed E-state index contributed by atoms with van der Waals surface area (Å²) in [6, 6.07) is 3.25. The van der Waals surface area contributed by atoms with E-state index in [0.717, 1.165) is 23.0 Å². The Labute approximate surface area is 181 Å². The first-order chi connectivity index (χ1) is 14.7. The number of anilines is 1. The van der Waals surface area contributed by atoms with Gasteiger partial charge in [0.1, 0.15) is 17.8 Å². The number of carbonyl (C=O) groups excluding carboxylic acids is 3. The lowest BCUT2D eigenvalue weighted by Gasteiger charge is -2.22. The maximum absolute atomic E-state index is 12.7. The van der Waals surface area contributed by atoms with Crippen LogP contribution in [0.5, 0.6) is 0 Å². The summed E-state index contributed by atoms with van der Waals surface area (Å²) in [5.41, 5.74) is 3.17. The number of hydrogen-bond acceptors (Lipinski definition) is 7. The second-order valence-corrected chi connectivity index (χ2v) is 8.11. The fourth-order valence-electron chi connectivity index (χ4n) is 3.88. The number of aromatic nitrogens is 2. The quantitative estimate of drug-likeness (QED) is 0.524. The number of aryl methyl sites for hydroxylation is 2. The lowest BCUT2D eigenvalue weighted by molar-refractivity contribution is -0.132. The predicted molar refractivity (Wildman–Crippen MR) is 118 cm³/mol. The van der Waals surface area contributed by atoms with Gasteiger partial charge in [-0.2, -0.15) is 0 Å². The summed E-state index contributed by atoms with van der Waals surface area (Å²) in [6.45, 7) is 7.53. The van der Waals surface area contributed by atoms with Gasteiger partial charge >= 0.3 is 0 Å². The summed E-state index contributed by atoms with van der Waals surface area (Å²) < 4.78 is 0. The van der Waals surface area contributed by atoms with Gasteiger partial charge in [0.2, 0.25) is 5.91 Å². The maximum atomic E-state index is 12.7. The molecule has 2 atom stereocenters. The van der Waals surface area contributed by atoms with Gasteiger partial charge in [-0.25, -0.2) is 9.97 Å². The number of ketones is 1. The first-order valence-electron chi connectivity index (χ1n) is 10.2. The van der Waals surface area contributed by atoms with Gasteiger partial charge in [-0.3, -0.25) is 15.0 Å². The number of hydrogen-bond donors (Lipinski definition) is 2. The SMILES string of the molecule is CC(=O)C(=N)c1cc(-c2cnc(C)nc2)cc(C)c1NCC(=O)N1CC(C)CC1C=O. The zero-order chi connectivity index (χ0) is 22.7. The van der Waals surface area contributed by atoms with Crippen molar-refractivity contribution >= 4 is 29.4 Å².